The van der Waals surface area contributed by atoms with Gasteiger partial charge in [0.15, 0.2) is 0 Å². The molecule has 100 valence electrons. The number of nitrogens with two attached hydrogens (primary N) is 1. The van der Waals surface area contributed by atoms with Crippen molar-refractivity contribution in [2.45, 2.75) is 12.5 Å². The number of amides is 1. The fourth-order valence-corrected chi connectivity index (χ4v) is 1.49. The highest BCUT2D eigenvalue weighted by Crippen LogP contribution is 2.19. The number of aliphatic hydroxyl groups excluding tert-OH is 1. The Morgan fingerprint density at radius 1 is 1.61 bits per heavy atom. The number of benzene rings is 1. The number of ether oxygens (including phenoxy) is 1. The second-order valence-corrected chi connectivity index (χ2v) is 3.75. The molecule has 0 radical (unpaired) electrons. The molecule has 5 nitrogen and oxygen atoms in total. The summed E-state index contributed by atoms with van der Waals surface area (Å²) in [6.45, 7) is 0.144. The van der Waals surface area contributed by atoms with Crippen LogP contribution < -0.4 is 15.8 Å². The third-order valence-electron chi connectivity index (χ3n) is 2.46. The average Bonchev–Trinajstić information content (AvgIpc) is 2.38. The molecule has 0 spiro atoms. The van der Waals surface area contributed by atoms with E-state index in [4.69, 9.17) is 15.6 Å². The van der Waals surface area contributed by atoms with E-state index in [9.17, 15) is 9.18 Å². The van der Waals surface area contributed by atoms with Gasteiger partial charge < -0.3 is 20.9 Å². The van der Waals surface area contributed by atoms with Crippen molar-refractivity contribution < 1.29 is 19.0 Å². The summed E-state index contributed by atoms with van der Waals surface area (Å²) in [4.78, 5) is 11.2. The Balaban J connectivity index is 2.53. The molecule has 0 aliphatic heterocycles. The van der Waals surface area contributed by atoms with E-state index in [2.05, 4.69) is 5.32 Å². The lowest BCUT2D eigenvalue weighted by Gasteiger charge is -2.11. The zero-order chi connectivity index (χ0) is 13.5. The van der Waals surface area contributed by atoms with E-state index in [1.165, 1.54) is 25.3 Å². The summed E-state index contributed by atoms with van der Waals surface area (Å²) in [5.41, 5.74) is 5.79. The average molecular weight is 256 g/mol. The Hall–Kier alpha value is -1.66. The van der Waals surface area contributed by atoms with Crippen LogP contribution in [0, 0.1) is 5.82 Å². The van der Waals surface area contributed by atoms with Crippen molar-refractivity contribution in [1.82, 2.24) is 5.32 Å². The van der Waals surface area contributed by atoms with E-state index in [1.54, 1.807) is 0 Å². The SMILES string of the molecule is COc1ccc(F)cc1CCNC(=O)C(O)CN. The molecule has 4 N–H and O–H groups in total. The van der Waals surface area contributed by atoms with E-state index in [0.29, 0.717) is 17.7 Å². The molecule has 1 amide bonds. The van der Waals surface area contributed by atoms with Crippen molar-refractivity contribution in [3.8, 4) is 5.75 Å². The van der Waals surface area contributed by atoms with Crippen molar-refractivity contribution >= 4 is 5.91 Å². The standard InChI is InChI=1S/C12H17FN2O3/c1-18-11-3-2-9(13)6-8(11)4-5-15-12(17)10(16)7-14/h2-3,6,10,16H,4-5,7,14H2,1H3,(H,15,17). The summed E-state index contributed by atoms with van der Waals surface area (Å²) in [6.07, 6.45) is -0.802. The van der Waals surface area contributed by atoms with Crippen LogP contribution in [-0.4, -0.2) is 37.3 Å². The Labute approximate surface area is 105 Å². The van der Waals surface area contributed by atoms with E-state index in [-0.39, 0.29) is 18.9 Å². The van der Waals surface area contributed by atoms with Crippen LogP contribution in [0.15, 0.2) is 18.2 Å². The molecule has 0 fully saturated rings. The lowest BCUT2D eigenvalue weighted by Crippen LogP contribution is -2.40. The fourth-order valence-electron chi connectivity index (χ4n) is 1.49. The van der Waals surface area contributed by atoms with Crippen LogP contribution in [0.5, 0.6) is 5.75 Å². The number of carbonyl (C=O) groups is 1. The van der Waals surface area contributed by atoms with E-state index in [0.717, 1.165) is 0 Å². The molecule has 0 heterocycles. The minimum Gasteiger partial charge on any atom is -0.496 e. The van der Waals surface area contributed by atoms with Gasteiger partial charge in [-0.3, -0.25) is 4.79 Å². The third kappa shape index (κ3) is 3.97. The summed E-state index contributed by atoms with van der Waals surface area (Å²) in [5.74, 6) is -0.336. The quantitative estimate of drug-likeness (QED) is 0.659. The number of rotatable bonds is 6. The molecule has 6 heteroatoms. The first-order valence-corrected chi connectivity index (χ1v) is 5.56. The number of aliphatic hydroxyl groups is 1. The molecule has 0 saturated heterocycles. The topological polar surface area (TPSA) is 84.6 Å². The van der Waals surface area contributed by atoms with Gasteiger partial charge in [-0.25, -0.2) is 4.39 Å². The molecular weight excluding hydrogens is 239 g/mol. The number of halogens is 1. The maximum Gasteiger partial charge on any atom is 0.250 e. The van der Waals surface area contributed by atoms with Crippen molar-refractivity contribution in [2.24, 2.45) is 5.73 Å². The van der Waals surface area contributed by atoms with Crippen molar-refractivity contribution in [3.63, 3.8) is 0 Å². The molecule has 0 aliphatic rings. The normalized spacial score (nSPS) is 12.0. The van der Waals surface area contributed by atoms with Crippen molar-refractivity contribution in [3.05, 3.63) is 29.6 Å². The first-order chi connectivity index (χ1) is 8.58. The van der Waals surface area contributed by atoms with Crippen LogP contribution in [0.1, 0.15) is 5.56 Å². The van der Waals surface area contributed by atoms with Crippen LogP contribution in [-0.2, 0) is 11.2 Å². The first kappa shape index (κ1) is 14.4. The Morgan fingerprint density at radius 2 is 2.33 bits per heavy atom. The summed E-state index contributed by atoms with van der Waals surface area (Å²) in [5, 5.41) is 11.7. The molecule has 1 unspecified atom stereocenters. The van der Waals surface area contributed by atoms with Gasteiger partial charge in [-0.05, 0) is 30.2 Å². The minimum atomic E-state index is -1.21. The van der Waals surface area contributed by atoms with Crippen molar-refractivity contribution in [1.29, 1.82) is 0 Å². The molecule has 1 aromatic rings. The van der Waals surface area contributed by atoms with E-state index < -0.39 is 12.0 Å². The zero-order valence-corrected chi connectivity index (χ0v) is 10.1. The predicted molar refractivity (Wildman–Crippen MR) is 64.7 cm³/mol. The second-order valence-electron chi connectivity index (χ2n) is 3.75. The van der Waals surface area contributed by atoms with Crippen LogP contribution >= 0.6 is 0 Å². The monoisotopic (exact) mass is 256 g/mol. The first-order valence-electron chi connectivity index (χ1n) is 5.56. The molecule has 1 atom stereocenters. The maximum absolute atomic E-state index is 13.1. The predicted octanol–water partition coefficient (Wildman–Crippen LogP) is -0.187. The number of hydrogen-bond acceptors (Lipinski definition) is 4. The number of carbonyl (C=O) groups excluding carboxylic acids is 1. The summed E-state index contributed by atoms with van der Waals surface area (Å²) in [6, 6.07) is 4.19. The van der Waals surface area contributed by atoms with Gasteiger partial charge >= 0.3 is 0 Å². The van der Waals surface area contributed by atoms with Gasteiger partial charge in [0, 0.05) is 13.1 Å². The molecule has 0 aromatic heterocycles. The summed E-state index contributed by atoms with van der Waals surface area (Å²) >= 11 is 0. The smallest absolute Gasteiger partial charge is 0.250 e. The van der Waals surface area contributed by atoms with Gasteiger partial charge in [0.1, 0.15) is 17.7 Å². The largest absolute Gasteiger partial charge is 0.496 e. The van der Waals surface area contributed by atoms with Gasteiger partial charge in [0.05, 0.1) is 7.11 Å². The van der Waals surface area contributed by atoms with Crippen molar-refractivity contribution in [2.75, 3.05) is 20.2 Å². The number of nitrogens with one attached hydrogen (secondary N) is 1. The van der Waals surface area contributed by atoms with Crippen LogP contribution in [0.2, 0.25) is 0 Å². The molecule has 1 aromatic carbocycles. The highest BCUT2D eigenvalue weighted by molar-refractivity contribution is 5.80. The highest BCUT2D eigenvalue weighted by atomic mass is 19.1. The van der Waals surface area contributed by atoms with Gasteiger partial charge in [-0.2, -0.15) is 0 Å². The molecule has 0 aliphatic carbocycles. The van der Waals surface area contributed by atoms with Crippen LogP contribution in [0.25, 0.3) is 0 Å². The van der Waals surface area contributed by atoms with E-state index in [1.807, 2.05) is 0 Å². The Bertz CT molecular complexity index is 412. The van der Waals surface area contributed by atoms with E-state index >= 15 is 0 Å². The second kappa shape index (κ2) is 6.93. The minimum absolute atomic E-state index is 0.130. The molecular formula is C12H17FN2O3. The highest BCUT2D eigenvalue weighted by Gasteiger charge is 2.12. The number of methoxy groups -OCH3 is 1. The lowest BCUT2D eigenvalue weighted by molar-refractivity contribution is -0.128. The Kier molecular flexibility index (Phi) is 5.54. The lowest BCUT2D eigenvalue weighted by atomic mass is 10.1. The van der Waals surface area contributed by atoms with Crippen LogP contribution in [0.3, 0.4) is 0 Å². The Morgan fingerprint density at radius 3 is 2.94 bits per heavy atom. The molecule has 0 bridgehead atoms. The van der Waals surface area contributed by atoms with Gasteiger partial charge in [-0.15, -0.1) is 0 Å². The number of hydrogen-bond donors (Lipinski definition) is 3. The summed E-state index contributed by atoms with van der Waals surface area (Å²) < 4.78 is 18.1. The van der Waals surface area contributed by atoms with Gasteiger partial charge in [0.25, 0.3) is 0 Å². The molecule has 0 saturated carbocycles. The van der Waals surface area contributed by atoms with Gasteiger partial charge in [0.2, 0.25) is 5.91 Å². The third-order valence-corrected chi connectivity index (χ3v) is 2.46. The zero-order valence-electron chi connectivity index (χ0n) is 10.1. The maximum atomic E-state index is 13.1. The summed E-state index contributed by atoms with van der Waals surface area (Å²) in [7, 11) is 1.49. The molecule has 18 heavy (non-hydrogen) atoms. The van der Waals surface area contributed by atoms with Gasteiger partial charge in [-0.1, -0.05) is 0 Å². The molecule has 1 rings (SSSR count). The van der Waals surface area contributed by atoms with Crippen LogP contribution in [0.4, 0.5) is 4.39 Å². The fraction of sp³-hybridized carbons (Fsp3) is 0.417.